The van der Waals surface area contributed by atoms with Crippen molar-refractivity contribution in [1.82, 2.24) is 10.2 Å². The average Bonchev–Trinajstić information content (AvgIpc) is 3.05. The molecule has 4 rings (SSSR count). The van der Waals surface area contributed by atoms with Crippen molar-refractivity contribution < 1.29 is 9.59 Å². The maximum Gasteiger partial charge on any atom is 0.240 e. The summed E-state index contributed by atoms with van der Waals surface area (Å²) < 4.78 is 0. The van der Waals surface area contributed by atoms with Gasteiger partial charge in [-0.2, -0.15) is 0 Å². The number of anilines is 1. The van der Waals surface area contributed by atoms with Crippen molar-refractivity contribution in [3.05, 3.63) is 17.2 Å². The van der Waals surface area contributed by atoms with Crippen molar-refractivity contribution in [3.63, 3.8) is 0 Å². The standard InChI is InChI=1S/C12H11N3O2S/c1-5-13-14-12(18-5)15-10(16)8-6-2-3-7(4-6)9(8)11(15)17/h2-3,6-9H,4H2,1H3/t6-,7-,8+,9+/m0/s1. The molecule has 0 unspecified atom stereocenters. The molecule has 2 aliphatic carbocycles. The van der Waals surface area contributed by atoms with Gasteiger partial charge in [-0.1, -0.05) is 23.5 Å². The summed E-state index contributed by atoms with van der Waals surface area (Å²) >= 11 is 1.30. The SMILES string of the molecule is Cc1nnc(N2C(=O)[C@H]3[C@H](C2=O)[C@H]2C=C[C@H]3C2)s1. The van der Waals surface area contributed by atoms with Gasteiger partial charge in [0.25, 0.3) is 0 Å². The first-order chi connectivity index (χ1) is 8.66. The van der Waals surface area contributed by atoms with Gasteiger partial charge in [0.1, 0.15) is 5.01 Å². The van der Waals surface area contributed by atoms with Gasteiger partial charge in [0, 0.05) is 0 Å². The fraction of sp³-hybridized carbons (Fsp3) is 0.500. The number of fused-ring (bicyclic) bond motifs is 5. The number of hydrogen-bond acceptors (Lipinski definition) is 5. The second-order valence-corrected chi connectivity index (χ2v) is 6.28. The van der Waals surface area contributed by atoms with Crippen LogP contribution in [0.2, 0.25) is 0 Å². The molecule has 18 heavy (non-hydrogen) atoms. The minimum absolute atomic E-state index is 0.0852. The molecule has 1 saturated carbocycles. The number of aryl methyl sites for hydroxylation is 1. The Balaban J connectivity index is 1.76. The number of imide groups is 1. The summed E-state index contributed by atoms with van der Waals surface area (Å²) in [5.74, 6) is 0.00958. The molecule has 5 nitrogen and oxygen atoms in total. The van der Waals surface area contributed by atoms with E-state index in [-0.39, 0.29) is 35.5 Å². The molecule has 2 heterocycles. The Morgan fingerprint density at radius 3 is 2.28 bits per heavy atom. The zero-order valence-corrected chi connectivity index (χ0v) is 10.6. The van der Waals surface area contributed by atoms with Crippen LogP contribution < -0.4 is 4.90 Å². The summed E-state index contributed by atoms with van der Waals surface area (Å²) in [7, 11) is 0. The van der Waals surface area contributed by atoms with Gasteiger partial charge in [-0.15, -0.1) is 10.2 Å². The van der Waals surface area contributed by atoms with Crippen LogP contribution in [0.4, 0.5) is 5.13 Å². The Labute approximate surface area is 108 Å². The molecule has 2 fully saturated rings. The number of amides is 2. The van der Waals surface area contributed by atoms with E-state index < -0.39 is 0 Å². The number of carbonyl (C=O) groups excluding carboxylic acids is 2. The molecule has 4 atom stereocenters. The molecule has 2 amide bonds. The molecule has 0 N–H and O–H groups in total. The first-order valence-corrected chi connectivity index (χ1v) is 6.84. The highest BCUT2D eigenvalue weighted by Gasteiger charge is 2.60. The maximum absolute atomic E-state index is 12.4. The average molecular weight is 261 g/mol. The molecule has 1 saturated heterocycles. The van der Waals surface area contributed by atoms with E-state index in [1.807, 2.05) is 6.92 Å². The summed E-state index contributed by atoms with van der Waals surface area (Å²) in [6, 6.07) is 0. The predicted octanol–water partition coefficient (Wildman–Crippen LogP) is 1.16. The minimum atomic E-state index is -0.156. The molecular formula is C12H11N3O2S. The summed E-state index contributed by atoms with van der Waals surface area (Å²) in [4.78, 5) is 26.1. The first kappa shape index (κ1) is 10.4. The number of allylic oxidation sites excluding steroid dienone is 2. The van der Waals surface area contributed by atoms with Crippen LogP contribution in [0.25, 0.3) is 0 Å². The largest absolute Gasteiger partial charge is 0.274 e. The topological polar surface area (TPSA) is 63.2 Å². The van der Waals surface area contributed by atoms with Gasteiger partial charge in [0.2, 0.25) is 16.9 Å². The zero-order chi connectivity index (χ0) is 12.4. The van der Waals surface area contributed by atoms with Crippen LogP contribution in [0.15, 0.2) is 12.2 Å². The second kappa shape index (κ2) is 3.26. The van der Waals surface area contributed by atoms with Gasteiger partial charge in [-0.25, -0.2) is 4.90 Å². The lowest BCUT2D eigenvalue weighted by Gasteiger charge is -2.14. The fourth-order valence-corrected chi connectivity index (χ4v) is 4.17. The highest BCUT2D eigenvalue weighted by atomic mass is 32.1. The van der Waals surface area contributed by atoms with Crippen LogP contribution in [0.3, 0.4) is 0 Å². The van der Waals surface area contributed by atoms with E-state index in [0.29, 0.717) is 5.13 Å². The molecular weight excluding hydrogens is 250 g/mol. The lowest BCUT2D eigenvalue weighted by Crippen LogP contribution is -2.32. The molecule has 0 aromatic carbocycles. The molecule has 92 valence electrons. The minimum Gasteiger partial charge on any atom is -0.274 e. The van der Waals surface area contributed by atoms with Crippen molar-refractivity contribution in [1.29, 1.82) is 0 Å². The van der Waals surface area contributed by atoms with E-state index in [2.05, 4.69) is 22.3 Å². The quantitative estimate of drug-likeness (QED) is 0.562. The third-order valence-corrected chi connectivity index (χ3v) is 5.00. The third kappa shape index (κ3) is 1.11. The predicted molar refractivity (Wildman–Crippen MR) is 64.9 cm³/mol. The van der Waals surface area contributed by atoms with Crippen molar-refractivity contribution >= 4 is 28.3 Å². The summed E-state index contributed by atoms with van der Waals surface area (Å²) in [6.07, 6.45) is 5.13. The highest BCUT2D eigenvalue weighted by Crippen LogP contribution is 2.53. The van der Waals surface area contributed by atoms with E-state index >= 15 is 0 Å². The number of aromatic nitrogens is 2. The lowest BCUT2D eigenvalue weighted by molar-refractivity contribution is -0.123. The number of carbonyl (C=O) groups is 2. The second-order valence-electron chi connectivity index (χ2n) is 5.12. The van der Waals surface area contributed by atoms with E-state index in [4.69, 9.17) is 0 Å². The van der Waals surface area contributed by atoms with Crippen LogP contribution in [0.1, 0.15) is 11.4 Å². The van der Waals surface area contributed by atoms with Gasteiger partial charge in [-0.3, -0.25) is 9.59 Å². The van der Waals surface area contributed by atoms with Gasteiger partial charge in [-0.05, 0) is 25.2 Å². The van der Waals surface area contributed by atoms with E-state index in [9.17, 15) is 9.59 Å². The fourth-order valence-electron chi connectivity index (χ4n) is 3.47. The van der Waals surface area contributed by atoms with Crippen molar-refractivity contribution in [2.75, 3.05) is 4.90 Å². The maximum atomic E-state index is 12.4. The molecule has 1 aliphatic heterocycles. The van der Waals surface area contributed by atoms with Crippen molar-refractivity contribution in [2.45, 2.75) is 13.3 Å². The van der Waals surface area contributed by atoms with E-state index in [1.165, 1.54) is 16.2 Å². The molecule has 0 spiro atoms. The van der Waals surface area contributed by atoms with Crippen LogP contribution in [0.5, 0.6) is 0 Å². The van der Waals surface area contributed by atoms with Crippen molar-refractivity contribution in [3.8, 4) is 0 Å². The van der Waals surface area contributed by atoms with Gasteiger partial charge < -0.3 is 0 Å². The Kier molecular flexibility index (Phi) is 1.88. The Bertz CT molecular complexity index is 564. The van der Waals surface area contributed by atoms with Crippen LogP contribution >= 0.6 is 11.3 Å². The molecule has 6 heteroatoms. The van der Waals surface area contributed by atoms with Gasteiger partial charge in [0.05, 0.1) is 11.8 Å². The Hall–Kier alpha value is -1.56. The first-order valence-electron chi connectivity index (χ1n) is 6.03. The molecule has 1 aromatic rings. The van der Waals surface area contributed by atoms with E-state index in [1.54, 1.807) is 0 Å². The molecule has 1 aromatic heterocycles. The number of hydrogen-bond donors (Lipinski definition) is 0. The van der Waals surface area contributed by atoms with E-state index in [0.717, 1.165) is 11.4 Å². The highest BCUT2D eigenvalue weighted by molar-refractivity contribution is 7.15. The van der Waals surface area contributed by atoms with Crippen LogP contribution in [-0.4, -0.2) is 22.0 Å². The molecule has 3 aliphatic rings. The normalized spacial score (nSPS) is 36.8. The Morgan fingerprint density at radius 1 is 1.17 bits per heavy atom. The van der Waals surface area contributed by atoms with Crippen molar-refractivity contribution in [2.24, 2.45) is 23.7 Å². The molecule has 2 bridgehead atoms. The van der Waals surface area contributed by atoms with Gasteiger partial charge in [0.15, 0.2) is 0 Å². The smallest absolute Gasteiger partial charge is 0.240 e. The lowest BCUT2D eigenvalue weighted by atomic mass is 9.85. The van der Waals surface area contributed by atoms with Crippen LogP contribution in [-0.2, 0) is 9.59 Å². The van der Waals surface area contributed by atoms with Crippen LogP contribution in [0, 0.1) is 30.6 Å². The summed E-state index contributed by atoms with van der Waals surface area (Å²) in [5, 5.41) is 9.01. The number of nitrogens with zero attached hydrogens (tertiary/aromatic N) is 3. The van der Waals surface area contributed by atoms with Gasteiger partial charge >= 0.3 is 0 Å². The third-order valence-electron chi connectivity index (χ3n) is 4.18. The summed E-state index contributed by atoms with van der Waals surface area (Å²) in [6.45, 7) is 1.82. The number of rotatable bonds is 1. The molecule has 0 radical (unpaired) electrons. The monoisotopic (exact) mass is 261 g/mol. The summed E-state index contributed by atoms with van der Waals surface area (Å²) in [5.41, 5.74) is 0. The Morgan fingerprint density at radius 2 is 1.78 bits per heavy atom. The zero-order valence-electron chi connectivity index (χ0n) is 9.74.